The number of nitrogens with zero attached hydrogens (tertiary/aromatic N) is 3. The van der Waals surface area contributed by atoms with E-state index in [1.54, 1.807) is 12.1 Å². The van der Waals surface area contributed by atoms with Gasteiger partial charge in [0.05, 0.1) is 5.69 Å². The summed E-state index contributed by atoms with van der Waals surface area (Å²) in [4.78, 5) is 11.3. The van der Waals surface area contributed by atoms with Gasteiger partial charge in [-0.2, -0.15) is 4.98 Å². The molecule has 0 saturated heterocycles. The van der Waals surface area contributed by atoms with Crippen LogP contribution in [-0.2, 0) is 6.54 Å². The highest BCUT2D eigenvalue weighted by Crippen LogP contribution is 2.21. The number of anilines is 2. The largest absolute Gasteiger partial charge is 0.370 e. The van der Waals surface area contributed by atoms with Crippen molar-refractivity contribution in [3.63, 3.8) is 0 Å². The Labute approximate surface area is 165 Å². The van der Waals surface area contributed by atoms with Crippen molar-refractivity contribution in [2.24, 2.45) is 0 Å². The zero-order chi connectivity index (χ0) is 19.8. The summed E-state index contributed by atoms with van der Waals surface area (Å²) in [5.41, 5.74) is 2.41. The fraction of sp³-hybridized carbons (Fsp3) is 0.273. The Morgan fingerprint density at radius 2 is 1.68 bits per heavy atom. The Kier molecular flexibility index (Phi) is 6.92. The minimum absolute atomic E-state index is 0.240. The molecule has 28 heavy (non-hydrogen) atoms. The van der Waals surface area contributed by atoms with Crippen molar-refractivity contribution in [2.45, 2.75) is 13.0 Å². The van der Waals surface area contributed by atoms with Gasteiger partial charge in [0.2, 0.25) is 5.95 Å². The molecule has 6 heteroatoms. The molecule has 2 aromatic carbocycles. The fourth-order valence-corrected chi connectivity index (χ4v) is 2.80. The highest BCUT2D eigenvalue weighted by atomic mass is 19.1. The predicted molar refractivity (Wildman–Crippen MR) is 113 cm³/mol. The number of halogens is 1. The first kappa shape index (κ1) is 19.8. The smallest absolute Gasteiger partial charge is 0.225 e. The van der Waals surface area contributed by atoms with Crippen molar-refractivity contribution in [1.29, 1.82) is 0 Å². The summed E-state index contributed by atoms with van der Waals surface area (Å²) in [6.45, 7) is 2.14. The van der Waals surface area contributed by atoms with E-state index in [1.165, 1.54) is 6.07 Å². The third kappa shape index (κ3) is 5.76. The molecule has 1 aromatic heterocycles. The number of hydrogen-bond acceptors (Lipinski definition) is 5. The summed E-state index contributed by atoms with van der Waals surface area (Å²) < 4.78 is 13.9. The second-order valence-electron chi connectivity index (χ2n) is 6.86. The predicted octanol–water partition coefficient (Wildman–Crippen LogP) is 4.26. The minimum Gasteiger partial charge on any atom is -0.370 e. The molecule has 2 N–H and O–H groups in total. The molecule has 0 bridgehead atoms. The number of nitrogens with one attached hydrogen (secondary N) is 2. The number of rotatable bonds is 9. The van der Waals surface area contributed by atoms with Crippen LogP contribution >= 0.6 is 0 Å². The Morgan fingerprint density at radius 3 is 2.43 bits per heavy atom. The summed E-state index contributed by atoms with van der Waals surface area (Å²) in [5.74, 6) is 0.986. The second-order valence-corrected chi connectivity index (χ2v) is 6.86. The highest BCUT2D eigenvalue weighted by Gasteiger charge is 2.08. The summed E-state index contributed by atoms with van der Waals surface area (Å²) in [6, 6.07) is 18.6. The quantitative estimate of drug-likeness (QED) is 0.544. The Balaban J connectivity index is 1.77. The van der Waals surface area contributed by atoms with Crippen LogP contribution < -0.4 is 10.6 Å². The van der Waals surface area contributed by atoms with Gasteiger partial charge in [-0.25, -0.2) is 9.37 Å². The maximum Gasteiger partial charge on any atom is 0.225 e. The molecule has 3 rings (SSSR count). The lowest BCUT2D eigenvalue weighted by Crippen LogP contribution is -2.17. The number of hydrogen-bond donors (Lipinski definition) is 2. The third-order valence-corrected chi connectivity index (χ3v) is 4.28. The molecule has 0 unspecified atom stereocenters. The van der Waals surface area contributed by atoms with Crippen LogP contribution in [-0.4, -0.2) is 42.1 Å². The molecule has 1 heterocycles. The van der Waals surface area contributed by atoms with E-state index in [9.17, 15) is 4.39 Å². The van der Waals surface area contributed by atoms with Crippen LogP contribution in [0.3, 0.4) is 0 Å². The van der Waals surface area contributed by atoms with Crippen molar-refractivity contribution in [3.8, 4) is 11.3 Å². The van der Waals surface area contributed by atoms with Gasteiger partial charge < -0.3 is 15.5 Å². The average Bonchev–Trinajstić information content (AvgIpc) is 2.71. The van der Waals surface area contributed by atoms with Crippen LogP contribution in [0.25, 0.3) is 11.3 Å². The molecule has 0 amide bonds. The van der Waals surface area contributed by atoms with E-state index in [2.05, 4.69) is 39.6 Å². The second kappa shape index (κ2) is 9.80. The van der Waals surface area contributed by atoms with Crippen LogP contribution in [0.1, 0.15) is 12.0 Å². The van der Waals surface area contributed by atoms with Gasteiger partial charge >= 0.3 is 0 Å². The Bertz CT molecular complexity index is 883. The van der Waals surface area contributed by atoms with Crippen molar-refractivity contribution in [3.05, 3.63) is 72.0 Å². The van der Waals surface area contributed by atoms with Crippen molar-refractivity contribution < 1.29 is 4.39 Å². The van der Waals surface area contributed by atoms with Gasteiger partial charge in [0.15, 0.2) is 0 Å². The molecule has 0 aliphatic heterocycles. The van der Waals surface area contributed by atoms with Crippen LogP contribution in [0.4, 0.5) is 16.2 Å². The van der Waals surface area contributed by atoms with Crippen molar-refractivity contribution in [1.82, 2.24) is 14.9 Å². The molecule has 146 valence electrons. The summed E-state index contributed by atoms with van der Waals surface area (Å²) in [5, 5.41) is 6.52. The van der Waals surface area contributed by atoms with Gasteiger partial charge in [-0.1, -0.05) is 48.5 Å². The van der Waals surface area contributed by atoms with Crippen LogP contribution in [0.2, 0.25) is 0 Å². The molecule has 0 radical (unpaired) electrons. The maximum atomic E-state index is 13.9. The topological polar surface area (TPSA) is 53.1 Å². The molecule has 0 aliphatic rings. The van der Waals surface area contributed by atoms with Gasteiger partial charge in [0.1, 0.15) is 11.6 Å². The molecular weight excluding hydrogens is 353 g/mol. The van der Waals surface area contributed by atoms with E-state index in [0.717, 1.165) is 36.6 Å². The monoisotopic (exact) mass is 379 g/mol. The summed E-state index contributed by atoms with van der Waals surface area (Å²) in [7, 11) is 4.12. The molecule has 0 fully saturated rings. The number of benzene rings is 2. The van der Waals surface area contributed by atoms with E-state index in [1.807, 2.05) is 42.5 Å². The van der Waals surface area contributed by atoms with Crippen LogP contribution in [0.15, 0.2) is 60.7 Å². The lowest BCUT2D eigenvalue weighted by Gasteiger charge is -2.13. The highest BCUT2D eigenvalue weighted by molar-refractivity contribution is 5.64. The van der Waals surface area contributed by atoms with Crippen molar-refractivity contribution >= 4 is 11.8 Å². The molecule has 0 saturated carbocycles. The molecule has 0 atom stereocenters. The van der Waals surface area contributed by atoms with Gasteiger partial charge in [0.25, 0.3) is 0 Å². The summed E-state index contributed by atoms with van der Waals surface area (Å²) >= 11 is 0. The SMILES string of the molecule is CN(C)CCCNc1cc(-c2ccccc2)nc(NCc2ccccc2F)n1. The lowest BCUT2D eigenvalue weighted by molar-refractivity contribution is 0.405. The van der Waals surface area contributed by atoms with Gasteiger partial charge in [0, 0.05) is 30.3 Å². The fourth-order valence-electron chi connectivity index (χ4n) is 2.80. The molecule has 5 nitrogen and oxygen atoms in total. The van der Waals surface area contributed by atoms with Gasteiger partial charge in [-0.3, -0.25) is 0 Å². The molecular formula is C22H26FN5. The van der Waals surface area contributed by atoms with E-state index in [4.69, 9.17) is 0 Å². The first-order valence-corrected chi connectivity index (χ1v) is 9.42. The van der Waals surface area contributed by atoms with Crippen molar-refractivity contribution in [2.75, 3.05) is 37.8 Å². The Hall–Kier alpha value is -2.99. The first-order chi connectivity index (χ1) is 13.6. The van der Waals surface area contributed by atoms with Gasteiger partial charge in [-0.05, 0) is 33.1 Å². The molecule has 0 aliphatic carbocycles. The van der Waals surface area contributed by atoms with E-state index in [0.29, 0.717) is 18.1 Å². The standard InChI is InChI=1S/C22H26FN5/c1-28(2)14-8-13-24-21-15-20(17-9-4-3-5-10-17)26-22(27-21)25-16-18-11-6-7-12-19(18)23/h3-7,9-12,15H,8,13-14,16H2,1-2H3,(H2,24,25,26,27). The average molecular weight is 379 g/mol. The third-order valence-electron chi connectivity index (χ3n) is 4.28. The zero-order valence-electron chi connectivity index (χ0n) is 16.3. The van der Waals surface area contributed by atoms with Crippen LogP contribution in [0, 0.1) is 5.82 Å². The normalized spacial score (nSPS) is 10.9. The van der Waals surface area contributed by atoms with E-state index in [-0.39, 0.29) is 5.82 Å². The zero-order valence-corrected chi connectivity index (χ0v) is 16.3. The minimum atomic E-state index is -0.240. The first-order valence-electron chi connectivity index (χ1n) is 9.42. The van der Waals surface area contributed by atoms with Crippen LogP contribution in [0.5, 0.6) is 0 Å². The van der Waals surface area contributed by atoms with E-state index < -0.39 is 0 Å². The number of aromatic nitrogens is 2. The lowest BCUT2D eigenvalue weighted by atomic mass is 10.1. The summed E-state index contributed by atoms with van der Waals surface area (Å²) in [6.07, 6.45) is 1.01. The van der Waals surface area contributed by atoms with E-state index >= 15 is 0 Å². The molecule has 3 aromatic rings. The van der Waals surface area contributed by atoms with Gasteiger partial charge in [-0.15, -0.1) is 0 Å². The maximum absolute atomic E-state index is 13.9. The molecule has 0 spiro atoms. The Morgan fingerprint density at radius 1 is 0.929 bits per heavy atom.